The third-order valence-corrected chi connectivity index (χ3v) is 8.44. The Morgan fingerprint density at radius 2 is 1.34 bits per heavy atom. The van der Waals surface area contributed by atoms with E-state index < -0.39 is 5.92 Å². The molecule has 166 valence electrons. The fourth-order valence-electron chi connectivity index (χ4n) is 6.56. The second-order valence-electron chi connectivity index (χ2n) is 10.3. The van der Waals surface area contributed by atoms with Crippen LogP contribution in [-0.2, 0) is 14.3 Å². The summed E-state index contributed by atoms with van der Waals surface area (Å²) in [6.07, 6.45) is 18.3. The van der Waals surface area contributed by atoms with E-state index in [0.29, 0.717) is 24.9 Å². The molecule has 3 aliphatic rings. The van der Waals surface area contributed by atoms with Crippen molar-refractivity contribution in [2.45, 2.75) is 110 Å². The lowest BCUT2D eigenvalue weighted by Gasteiger charge is -2.41. The van der Waals surface area contributed by atoms with Gasteiger partial charge in [0, 0.05) is 6.42 Å². The lowest BCUT2D eigenvalue weighted by atomic mass is 9.64. The second-order valence-corrected chi connectivity index (χ2v) is 10.3. The molecule has 0 spiro atoms. The zero-order valence-corrected chi connectivity index (χ0v) is 19.0. The molecule has 0 aromatic carbocycles. The van der Waals surface area contributed by atoms with Gasteiger partial charge in [-0.3, -0.25) is 9.59 Å². The Morgan fingerprint density at radius 3 is 1.90 bits per heavy atom. The molecule has 0 N–H and O–H groups in total. The van der Waals surface area contributed by atoms with Crippen molar-refractivity contribution in [3.63, 3.8) is 0 Å². The monoisotopic (exact) mass is 404 g/mol. The number of hydrogen-bond acceptors (Lipinski definition) is 3. The van der Waals surface area contributed by atoms with Crippen molar-refractivity contribution in [2.75, 3.05) is 6.61 Å². The Kier molecular flexibility index (Phi) is 9.06. The molecule has 0 heterocycles. The molecule has 0 bridgehead atoms. The first-order chi connectivity index (χ1) is 14.1. The van der Waals surface area contributed by atoms with Gasteiger partial charge >= 0.3 is 5.97 Å². The van der Waals surface area contributed by atoms with Crippen molar-refractivity contribution in [3.05, 3.63) is 0 Å². The van der Waals surface area contributed by atoms with Gasteiger partial charge in [0.05, 0.1) is 6.61 Å². The zero-order valence-electron chi connectivity index (χ0n) is 19.0. The molecule has 0 amide bonds. The van der Waals surface area contributed by atoms with Crippen molar-refractivity contribution in [1.29, 1.82) is 0 Å². The van der Waals surface area contributed by atoms with E-state index in [1.807, 2.05) is 0 Å². The summed E-state index contributed by atoms with van der Waals surface area (Å²) >= 11 is 0. The molecule has 3 heteroatoms. The van der Waals surface area contributed by atoms with Gasteiger partial charge in [-0.1, -0.05) is 46.0 Å². The minimum Gasteiger partial charge on any atom is -0.465 e. The van der Waals surface area contributed by atoms with E-state index >= 15 is 0 Å². The Morgan fingerprint density at radius 1 is 0.793 bits per heavy atom. The number of Topliss-reactive ketones (excluding diaryl/α,β-unsaturated/α-hetero) is 1. The Bertz CT molecular complexity index is 512. The minimum atomic E-state index is -0.474. The predicted molar refractivity (Wildman–Crippen MR) is 118 cm³/mol. The molecule has 29 heavy (non-hydrogen) atoms. The number of rotatable bonds is 8. The fraction of sp³-hybridized carbons (Fsp3) is 0.923. The lowest BCUT2D eigenvalue weighted by Crippen LogP contribution is -2.36. The molecule has 3 aliphatic carbocycles. The number of carbonyl (C=O) groups excluding carboxylic acids is 2. The first-order valence-electron chi connectivity index (χ1n) is 12.8. The molecule has 3 fully saturated rings. The lowest BCUT2D eigenvalue weighted by molar-refractivity contribution is -0.154. The highest BCUT2D eigenvalue weighted by molar-refractivity contribution is 5.99. The van der Waals surface area contributed by atoms with Crippen molar-refractivity contribution < 1.29 is 14.3 Å². The molecule has 3 nitrogen and oxygen atoms in total. The molecule has 0 aliphatic heterocycles. The van der Waals surface area contributed by atoms with E-state index in [1.54, 1.807) is 0 Å². The maximum absolute atomic E-state index is 12.6. The Balaban J connectivity index is 1.38. The molecular formula is C26H44O3. The van der Waals surface area contributed by atoms with Crippen LogP contribution in [0.5, 0.6) is 0 Å². The third-order valence-electron chi connectivity index (χ3n) is 8.44. The van der Waals surface area contributed by atoms with Crippen LogP contribution < -0.4 is 0 Å². The summed E-state index contributed by atoms with van der Waals surface area (Å²) in [5.41, 5.74) is 0. The summed E-state index contributed by atoms with van der Waals surface area (Å²) in [5.74, 6) is 3.56. The predicted octanol–water partition coefficient (Wildman–Crippen LogP) is 6.73. The van der Waals surface area contributed by atoms with Crippen LogP contribution in [0.15, 0.2) is 0 Å². The molecule has 0 saturated heterocycles. The summed E-state index contributed by atoms with van der Waals surface area (Å²) in [6.45, 7) is 4.87. The van der Waals surface area contributed by atoms with Gasteiger partial charge in [-0.05, 0) is 87.4 Å². The van der Waals surface area contributed by atoms with Crippen molar-refractivity contribution in [3.8, 4) is 0 Å². The first-order valence-corrected chi connectivity index (χ1v) is 12.8. The molecule has 0 aromatic rings. The number of ketones is 1. The van der Waals surface area contributed by atoms with E-state index in [-0.39, 0.29) is 11.8 Å². The molecule has 0 radical (unpaired) electrons. The van der Waals surface area contributed by atoms with Crippen LogP contribution in [0.25, 0.3) is 0 Å². The van der Waals surface area contributed by atoms with Crippen molar-refractivity contribution in [1.82, 2.24) is 0 Å². The van der Waals surface area contributed by atoms with Gasteiger partial charge in [0.15, 0.2) is 0 Å². The Labute approximate surface area is 178 Å². The van der Waals surface area contributed by atoms with E-state index in [4.69, 9.17) is 4.74 Å². The second kappa shape index (κ2) is 11.5. The van der Waals surface area contributed by atoms with Gasteiger partial charge < -0.3 is 4.74 Å². The van der Waals surface area contributed by atoms with Crippen LogP contribution in [0.2, 0.25) is 0 Å². The molecule has 2 unspecified atom stereocenters. The standard InChI is InChI=1S/C26H44O3/c1-3-5-17-29-26(28)24-16-15-23(18-25(24)27)22-13-11-21(12-14-22)20-9-7-19(6-4-2)8-10-20/h19-24H,3-18H2,1-2H3. The van der Waals surface area contributed by atoms with Gasteiger partial charge in [-0.25, -0.2) is 0 Å². The number of ether oxygens (including phenoxy) is 1. The molecule has 3 rings (SSSR count). The van der Waals surface area contributed by atoms with E-state index in [1.165, 1.54) is 64.2 Å². The minimum absolute atomic E-state index is 0.152. The maximum Gasteiger partial charge on any atom is 0.316 e. The van der Waals surface area contributed by atoms with Crippen LogP contribution in [0.1, 0.15) is 110 Å². The molecule has 0 aromatic heterocycles. The van der Waals surface area contributed by atoms with Crippen molar-refractivity contribution in [2.24, 2.45) is 35.5 Å². The van der Waals surface area contributed by atoms with Crippen LogP contribution in [0.4, 0.5) is 0 Å². The van der Waals surface area contributed by atoms with Gasteiger partial charge in [0.2, 0.25) is 0 Å². The quantitative estimate of drug-likeness (QED) is 0.256. The largest absolute Gasteiger partial charge is 0.465 e. The van der Waals surface area contributed by atoms with Crippen LogP contribution >= 0.6 is 0 Å². The fourth-order valence-corrected chi connectivity index (χ4v) is 6.56. The van der Waals surface area contributed by atoms with Crippen LogP contribution in [-0.4, -0.2) is 18.4 Å². The summed E-state index contributed by atoms with van der Waals surface area (Å²) in [6, 6.07) is 0. The van der Waals surface area contributed by atoms with Crippen LogP contribution in [0, 0.1) is 35.5 Å². The first kappa shape index (κ1) is 22.8. The van der Waals surface area contributed by atoms with Crippen LogP contribution in [0.3, 0.4) is 0 Å². The summed E-state index contributed by atoms with van der Waals surface area (Å²) in [5, 5.41) is 0. The third kappa shape index (κ3) is 6.31. The van der Waals surface area contributed by atoms with Crippen molar-refractivity contribution >= 4 is 11.8 Å². The van der Waals surface area contributed by atoms with Gasteiger partial charge in [-0.15, -0.1) is 0 Å². The molecule has 2 atom stereocenters. The number of carbonyl (C=O) groups is 2. The van der Waals surface area contributed by atoms with Gasteiger partial charge in [0.1, 0.15) is 11.7 Å². The average Bonchev–Trinajstić information content (AvgIpc) is 2.75. The number of esters is 1. The topological polar surface area (TPSA) is 43.4 Å². The van der Waals surface area contributed by atoms with E-state index in [9.17, 15) is 9.59 Å². The Hall–Kier alpha value is -0.860. The summed E-state index contributed by atoms with van der Waals surface area (Å²) < 4.78 is 5.32. The summed E-state index contributed by atoms with van der Waals surface area (Å²) in [4.78, 5) is 24.8. The number of unbranched alkanes of at least 4 members (excludes halogenated alkanes) is 1. The molecule has 3 saturated carbocycles. The zero-order chi connectivity index (χ0) is 20.6. The molecular weight excluding hydrogens is 360 g/mol. The van der Waals surface area contributed by atoms with Gasteiger partial charge in [0.25, 0.3) is 0 Å². The SMILES string of the molecule is CCCCOC(=O)C1CCC(C2CCC(C3CCC(CCC)CC3)CC2)CC1=O. The average molecular weight is 405 g/mol. The summed E-state index contributed by atoms with van der Waals surface area (Å²) in [7, 11) is 0. The maximum atomic E-state index is 12.6. The number of hydrogen-bond donors (Lipinski definition) is 0. The van der Waals surface area contributed by atoms with Gasteiger partial charge in [-0.2, -0.15) is 0 Å². The normalized spacial score (nSPS) is 36.0. The van der Waals surface area contributed by atoms with E-state index in [2.05, 4.69) is 13.8 Å². The highest BCUT2D eigenvalue weighted by Crippen LogP contribution is 2.45. The smallest absolute Gasteiger partial charge is 0.316 e. The highest BCUT2D eigenvalue weighted by atomic mass is 16.5. The highest BCUT2D eigenvalue weighted by Gasteiger charge is 2.39. The van der Waals surface area contributed by atoms with E-state index in [0.717, 1.165) is 43.4 Å².